The topological polar surface area (TPSA) is 41.3 Å². The zero-order chi connectivity index (χ0) is 15.5. The number of anilines is 1. The van der Waals surface area contributed by atoms with E-state index in [1.54, 1.807) is 0 Å². The lowest BCUT2D eigenvalue weighted by Gasteiger charge is -2.19. The Morgan fingerprint density at radius 3 is 3.00 bits per heavy atom. The maximum Gasteiger partial charge on any atom is 0.138 e. The van der Waals surface area contributed by atoms with Gasteiger partial charge in [0.25, 0.3) is 0 Å². The molecule has 118 valence electrons. The molecule has 1 atom stereocenters. The second-order valence-electron chi connectivity index (χ2n) is 6.01. The first-order valence-corrected chi connectivity index (χ1v) is 8.56. The Morgan fingerprint density at radius 1 is 1.41 bits per heavy atom. The Bertz CT molecular complexity index is 621. The maximum atomic E-state index is 5.20. The second-order valence-corrected chi connectivity index (χ2v) is 6.93. The fourth-order valence-corrected chi connectivity index (χ4v) is 3.45. The van der Waals surface area contributed by atoms with Gasteiger partial charge in [-0.2, -0.15) is 0 Å². The molecule has 1 fully saturated rings. The van der Waals surface area contributed by atoms with Gasteiger partial charge in [0.2, 0.25) is 0 Å². The number of aryl methyl sites for hydroxylation is 2. The Hall–Kier alpha value is -1.33. The van der Waals surface area contributed by atoms with Gasteiger partial charge in [-0.25, -0.2) is 0 Å². The van der Waals surface area contributed by atoms with Crippen molar-refractivity contribution in [1.29, 1.82) is 0 Å². The minimum Gasteiger partial charge on any atom is -0.371 e. The van der Waals surface area contributed by atoms with Crippen LogP contribution in [0, 0.1) is 19.8 Å². The highest BCUT2D eigenvalue weighted by Gasteiger charge is 2.22. The molecule has 2 aromatic rings. The summed E-state index contributed by atoms with van der Waals surface area (Å²) in [6.07, 6.45) is 1.24. The molecule has 0 spiro atoms. The molecule has 2 heterocycles. The zero-order valence-electron chi connectivity index (χ0n) is 13.1. The summed E-state index contributed by atoms with van der Waals surface area (Å²) in [5.41, 5.74) is 3.50. The van der Waals surface area contributed by atoms with E-state index in [1.165, 1.54) is 17.7 Å². The predicted molar refractivity (Wildman–Crippen MR) is 92.1 cm³/mol. The molecule has 0 radical (unpaired) electrons. The molecule has 0 amide bonds. The van der Waals surface area contributed by atoms with Crippen molar-refractivity contribution in [2.24, 2.45) is 5.92 Å². The van der Waals surface area contributed by atoms with E-state index < -0.39 is 0 Å². The summed E-state index contributed by atoms with van der Waals surface area (Å²) in [6.45, 7) is 8.10. The Morgan fingerprint density at radius 2 is 2.27 bits per heavy atom. The van der Waals surface area contributed by atoms with E-state index in [1.807, 2.05) is 13.8 Å². The summed E-state index contributed by atoms with van der Waals surface area (Å²) in [5, 5.41) is 7.56. The van der Waals surface area contributed by atoms with Crippen LogP contribution in [0.15, 0.2) is 33.3 Å². The summed E-state index contributed by atoms with van der Waals surface area (Å²) in [6, 6.07) is 8.55. The van der Waals surface area contributed by atoms with Crippen molar-refractivity contribution < 1.29 is 4.52 Å². The van der Waals surface area contributed by atoms with Crippen LogP contribution in [0.3, 0.4) is 0 Å². The molecule has 22 heavy (non-hydrogen) atoms. The lowest BCUT2D eigenvalue weighted by atomic mass is 10.1. The van der Waals surface area contributed by atoms with E-state index in [4.69, 9.17) is 4.52 Å². The fourth-order valence-electron chi connectivity index (χ4n) is 3.06. The van der Waals surface area contributed by atoms with Gasteiger partial charge in [-0.05, 0) is 44.4 Å². The van der Waals surface area contributed by atoms with Gasteiger partial charge in [0.1, 0.15) is 5.76 Å². The molecule has 4 nitrogen and oxygen atoms in total. The first kappa shape index (κ1) is 15.6. The van der Waals surface area contributed by atoms with Crippen LogP contribution in [0.5, 0.6) is 0 Å². The molecule has 5 heteroatoms. The quantitative estimate of drug-likeness (QED) is 0.879. The fraction of sp³-hybridized carbons (Fsp3) is 0.471. The van der Waals surface area contributed by atoms with Crippen LogP contribution in [0.25, 0.3) is 0 Å². The average molecular weight is 364 g/mol. The minimum atomic E-state index is 0.694. The van der Waals surface area contributed by atoms with Crippen molar-refractivity contribution in [2.75, 3.05) is 24.5 Å². The highest BCUT2D eigenvalue weighted by molar-refractivity contribution is 9.10. The standard InChI is InChI=1S/C17H22BrN3O/c1-12-17(13(2)22-20-12)10-19-9-14-6-7-21(11-14)16-5-3-4-15(18)8-16/h3-5,8,14,19H,6-7,9-11H2,1-2H3/t14-/m1/s1. The number of rotatable bonds is 5. The lowest BCUT2D eigenvalue weighted by Crippen LogP contribution is -2.26. The molecule has 1 aliphatic heterocycles. The normalized spacial score (nSPS) is 18.1. The van der Waals surface area contributed by atoms with Crippen LogP contribution in [0.2, 0.25) is 0 Å². The highest BCUT2D eigenvalue weighted by Crippen LogP contribution is 2.26. The van der Waals surface area contributed by atoms with Crippen molar-refractivity contribution in [3.8, 4) is 0 Å². The number of nitrogens with one attached hydrogen (secondary N) is 1. The SMILES string of the molecule is Cc1noc(C)c1CNC[C@H]1CCN(c2cccc(Br)c2)C1. The highest BCUT2D eigenvalue weighted by atomic mass is 79.9. The molecule has 0 bridgehead atoms. The summed E-state index contributed by atoms with van der Waals surface area (Å²) in [4.78, 5) is 2.47. The van der Waals surface area contributed by atoms with Gasteiger partial charge in [-0.3, -0.25) is 0 Å². The number of hydrogen-bond acceptors (Lipinski definition) is 4. The molecule has 1 aromatic carbocycles. The smallest absolute Gasteiger partial charge is 0.138 e. The van der Waals surface area contributed by atoms with Crippen LogP contribution in [-0.2, 0) is 6.54 Å². The average Bonchev–Trinajstić information content (AvgIpc) is 3.09. The third-order valence-electron chi connectivity index (χ3n) is 4.38. The molecule has 0 aliphatic carbocycles. The third-order valence-corrected chi connectivity index (χ3v) is 4.87. The van der Waals surface area contributed by atoms with Gasteiger partial charge >= 0.3 is 0 Å². The summed E-state index contributed by atoms with van der Waals surface area (Å²) in [5.74, 6) is 1.62. The van der Waals surface area contributed by atoms with Crippen molar-refractivity contribution >= 4 is 21.6 Å². The minimum absolute atomic E-state index is 0.694. The van der Waals surface area contributed by atoms with E-state index in [2.05, 4.69) is 55.6 Å². The Balaban J connectivity index is 1.49. The van der Waals surface area contributed by atoms with Gasteiger partial charge < -0.3 is 14.7 Å². The van der Waals surface area contributed by atoms with Gasteiger partial charge in [0.15, 0.2) is 0 Å². The molecule has 3 rings (SSSR count). The van der Waals surface area contributed by atoms with E-state index in [0.29, 0.717) is 5.92 Å². The first-order valence-electron chi connectivity index (χ1n) is 7.76. The largest absolute Gasteiger partial charge is 0.371 e. The number of halogens is 1. The van der Waals surface area contributed by atoms with Crippen LogP contribution < -0.4 is 10.2 Å². The molecule has 1 aliphatic rings. The molecule has 0 unspecified atom stereocenters. The third kappa shape index (κ3) is 3.52. The predicted octanol–water partition coefficient (Wildman–Crippen LogP) is 3.67. The number of aromatic nitrogens is 1. The van der Waals surface area contributed by atoms with Crippen molar-refractivity contribution in [3.05, 3.63) is 45.8 Å². The number of nitrogens with zero attached hydrogens (tertiary/aromatic N) is 2. The van der Waals surface area contributed by atoms with Crippen LogP contribution in [0.1, 0.15) is 23.4 Å². The van der Waals surface area contributed by atoms with Crippen molar-refractivity contribution in [1.82, 2.24) is 10.5 Å². The molecule has 0 saturated carbocycles. The summed E-state index contributed by atoms with van der Waals surface area (Å²) < 4.78 is 6.34. The molecule has 1 saturated heterocycles. The van der Waals surface area contributed by atoms with Crippen molar-refractivity contribution in [3.63, 3.8) is 0 Å². The van der Waals surface area contributed by atoms with Gasteiger partial charge in [0, 0.05) is 41.9 Å². The van der Waals surface area contributed by atoms with Crippen LogP contribution >= 0.6 is 15.9 Å². The van der Waals surface area contributed by atoms with Crippen LogP contribution in [-0.4, -0.2) is 24.8 Å². The van der Waals surface area contributed by atoms with Gasteiger partial charge in [-0.15, -0.1) is 0 Å². The summed E-state index contributed by atoms with van der Waals surface area (Å²) >= 11 is 3.55. The number of benzene rings is 1. The van der Waals surface area contributed by atoms with Crippen molar-refractivity contribution in [2.45, 2.75) is 26.8 Å². The van der Waals surface area contributed by atoms with E-state index in [9.17, 15) is 0 Å². The zero-order valence-corrected chi connectivity index (χ0v) is 14.7. The van der Waals surface area contributed by atoms with Gasteiger partial charge in [0.05, 0.1) is 5.69 Å². The van der Waals surface area contributed by atoms with Crippen LogP contribution in [0.4, 0.5) is 5.69 Å². The second kappa shape index (κ2) is 6.84. The van der Waals surface area contributed by atoms with E-state index in [0.717, 1.165) is 42.1 Å². The number of hydrogen-bond donors (Lipinski definition) is 1. The van der Waals surface area contributed by atoms with Gasteiger partial charge in [-0.1, -0.05) is 27.2 Å². The molecular weight excluding hydrogens is 342 g/mol. The lowest BCUT2D eigenvalue weighted by molar-refractivity contribution is 0.391. The maximum absolute atomic E-state index is 5.20. The first-order chi connectivity index (χ1) is 10.6. The molecule has 1 N–H and O–H groups in total. The van der Waals surface area contributed by atoms with E-state index >= 15 is 0 Å². The monoisotopic (exact) mass is 363 g/mol. The Kier molecular flexibility index (Phi) is 4.84. The summed E-state index contributed by atoms with van der Waals surface area (Å²) in [7, 11) is 0. The molecule has 1 aromatic heterocycles. The van der Waals surface area contributed by atoms with E-state index in [-0.39, 0.29) is 0 Å². The Labute approximate surface area is 140 Å². The molecular formula is C17H22BrN3O.